The Labute approximate surface area is 122 Å². The summed E-state index contributed by atoms with van der Waals surface area (Å²) in [5.74, 6) is 0.485. The van der Waals surface area contributed by atoms with Crippen LogP contribution in [0.25, 0.3) is 11.0 Å². The van der Waals surface area contributed by atoms with Crippen molar-refractivity contribution in [3.8, 4) is 0 Å². The van der Waals surface area contributed by atoms with E-state index >= 15 is 0 Å². The Morgan fingerprint density at radius 1 is 1.30 bits per heavy atom. The third-order valence-electron chi connectivity index (χ3n) is 3.87. The highest BCUT2D eigenvalue weighted by atomic mass is 35.5. The van der Waals surface area contributed by atoms with E-state index in [2.05, 4.69) is 16.9 Å². The van der Waals surface area contributed by atoms with Crippen LogP contribution in [-0.2, 0) is 0 Å². The molecule has 3 rings (SSSR count). The molecule has 0 saturated carbocycles. The van der Waals surface area contributed by atoms with Crippen LogP contribution in [0, 0.1) is 5.92 Å². The molecule has 1 saturated heterocycles. The highest BCUT2D eigenvalue weighted by Gasteiger charge is 2.27. The lowest BCUT2D eigenvalue weighted by atomic mass is 9.98. The van der Waals surface area contributed by atoms with Gasteiger partial charge in [-0.15, -0.1) is 11.6 Å². The van der Waals surface area contributed by atoms with Crippen molar-refractivity contribution in [1.82, 2.24) is 14.9 Å². The van der Waals surface area contributed by atoms with Gasteiger partial charge in [-0.3, -0.25) is 14.8 Å². The molecule has 1 amide bonds. The van der Waals surface area contributed by atoms with E-state index in [-0.39, 0.29) is 11.3 Å². The largest absolute Gasteiger partial charge is 0.337 e. The minimum Gasteiger partial charge on any atom is -0.337 e. The van der Waals surface area contributed by atoms with Gasteiger partial charge in [0.15, 0.2) is 0 Å². The van der Waals surface area contributed by atoms with E-state index in [1.807, 2.05) is 11.0 Å². The van der Waals surface area contributed by atoms with Crippen LogP contribution in [0.1, 0.15) is 23.7 Å². The van der Waals surface area contributed by atoms with Gasteiger partial charge in [0.25, 0.3) is 5.91 Å². The first-order chi connectivity index (χ1) is 9.65. The summed E-state index contributed by atoms with van der Waals surface area (Å²) >= 11 is 6.27. The average Bonchev–Trinajstić information content (AvgIpc) is 2.49. The number of halogens is 1. The minimum atomic E-state index is 0.0232. The van der Waals surface area contributed by atoms with Crippen LogP contribution in [-0.4, -0.2) is 39.2 Å². The van der Waals surface area contributed by atoms with E-state index in [0.29, 0.717) is 18.0 Å². The summed E-state index contributed by atoms with van der Waals surface area (Å²) in [5.41, 5.74) is 2.19. The number of fused-ring (bicyclic) bond motifs is 1. The Morgan fingerprint density at radius 3 is 2.80 bits per heavy atom. The first-order valence-corrected chi connectivity index (χ1v) is 7.23. The van der Waals surface area contributed by atoms with Crippen LogP contribution >= 0.6 is 11.6 Å². The van der Waals surface area contributed by atoms with Crippen molar-refractivity contribution in [3.05, 3.63) is 36.2 Å². The molecule has 1 aromatic heterocycles. The Morgan fingerprint density at radius 2 is 2.05 bits per heavy atom. The van der Waals surface area contributed by atoms with Crippen molar-refractivity contribution in [2.75, 3.05) is 13.1 Å². The van der Waals surface area contributed by atoms with Crippen LogP contribution in [0.15, 0.2) is 30.6 Å². The zero-order valence-corrected chi connectivity index (χ0v) is 12.0. The number of amides is 1. The van der Waals surface area contributed by atoms with Crippen molar-refractivity contribution in [2.24, 2.45) is 5.92 Å². The Hall–Kier alpha value is -1.68. The number of piperidine rings is 1. The summed E-state index contributed by atoms with van der Waals surface area (Å²) < 4.78 is 0. The van der Waals surface area contributed by atoms with Gasteiger partial charge in [-0.25, -0.2) is 0 Å². The molecule has 0 spiro atoms. The fourth-order valence-electron chi connectivity index (χ4n) is 2.49. The van der Waals surface area contributed by atoms with Gasteiger partial charge < -0.3 is 4.90 Å². The average molecular weight is 290 g/mol. The first kappa shape index (κ1) is 13.3. The molecule has 0 bridgehead atoms. The molecular weight excluding hydrogens is 274 g/mol. The number of likely N-dealkylation sites (tertiary alicyclic amines) is 1. The molecule has 1 aliphatic rings. The van der Waals surface area contributed by atoms with Crippen molar-refractivity contribution in [3.63, 3.8) is 0 Å². The van der Waals surface area contributed by atoms with Crippen LogP contribution in [0.3, 0.4) is 0 Å². The normalized spacial score (nSPS) is 23.0. The quantitative estimate of drug-likeness (QED) is 0.758. The molecule has 104 valence electrons. The van der Waals surface area contributed by atoms with E-state index in [4.69, 9.17) is 11.6 Å². The maximum atomic E-state index is 12.5. The predicted octanol–water partition coefficient (Wildman–Crippen LogP) is 2.72. The Kier molecular flexibility index (Phi) is 3.57. The summed E-state index contributed by atoms with van der Waals surface area (Å²) in [7, 11) is 0. The number of alkyl halides is 1. The first-order valence-electron chi connectivity index (χ1n) is 6.79. The predicted molar refractivity (Wildman–Crippen MR) is 78.9 cm³/mol. The topological polar surface area (TPSA) is 46.1 Å². The summed E-state index contributed by atoms with van der Waals surface area (Å²) in [4.78, 5) is 22.8. The van der Waals surface area contributed by atoms with Crippen molar-refractivity contribution < 1.29 is 4.79 Å². The highest BCUT2D eigenvalue weighted by molar-refractivity contribution is 6.21. The lowest BCUT2D eigenvalue weighted by Gasteiger charge is -2.34. The summed E-state index contributed by atoms with van der Waals surface area (Å²) in [5, 5.41) is 0.0351. The molecule has 1 aliphatic heterocycles. The van der Waals surface area contributed by atoms with Gasteiger partial charge in [0.2, 0.25) is 0 Å². The summed E-state index contributed by atoms with van der Waals surface area (Å²) in [6.07, 6.45) is 4.23. The van der Waals surface area contributed by atoms with Gasteiger partial charge in [0.05, 0.1) is 16.4 Å². The molecule has 0 N–H and O–H groups in total. The van der Waals surface area contributed by atoms with Crippen LogP contribution in [0.5, 0.6) is 0 Å². The molecule has 5 heteroatoms. The van der Waals surface area contributed by atoms with E-state index in [9.17, 15) is 4.79 Å². The maximum absolute atomic E-state index is 12.5. The number of rotatable bonds is 1. The van der Waals surface area contributed by atoms with Crippen molar-refractivity contribution in [2.45, 2.75) is 18.7 Å². The number of carbonyl (C=O) groups is 1. The third-order valence-corrected chi connectivity index (χ3v) is 4.44. The molecule has 1 aromatic carbocycles. The molecule has 2 heterocycles. The fraction of sp³-hybridized carbons (Fsp3) is 0.400. The highest BCUT2D eigenvalue weighted by Crippen LogP contribution is 2.23. The standard InChI is InChI=1S/C15H16ClN3O/c1-10-4-7-19(9-12(10)16)15(20)11-2-3-13-14(8-11)18-6-5-17-13/h2-3,5-6,8,10,12H,4,7,9H2,1H3. The lowest BCUT2D eigenvalue weighted by molar-refractivity contribution is 0.0701. The number of aromatic nitrogens is 2. The van der Waals surface area contributed by atoms with Gasteiger partial charge in [0.1, 0.15) is 0 Å². The van der Waals surface area contributed by atoms with Gasteiger partial charge in [-0.2, -0.15) is 0 Å². The smallest absolute Gasteiger partial charge is 0.253 e. The van der Waals surface area contributed by atoms with E-state index in [0.717, 1.165) is 24.0 Å². The van der Waals surface area contributed by atoms with Gasteiger partial charge in [-0.05, 0) is 30.5 Å². The molecule has 2 aromatic rings. The van der Waals surface area contributed by atoms with Crippen LogP contribution < -0.4 is 0 Å². The van der Waals surface area contributed by atoms with E-state index in [1.54, 1.807) is 24.5 Å². The zero-order valence-electron chi connectivity index (χ0n) is 11.3. The number of hydrogen-bond donors (Lipinski definition) is 0. The summed E-state index contributed by atoms with van der Waals surface area (Å²) in [6.45, 7) is 3.51. The molecule has 20 heavy (non-hydrogen) atoms. The Bertz CT molecular complexity index is 646. The zero-order chi connectivity index (χ0) is 14.1. The van der Waals surface area contributed by atoms with E-state index in [1.165, 1.54) is 0 Å². The molecule has 2 atom stereocenters. The molecule has 2 unspecified atom stereocenters. The minimum absolute atomic E-state index is 0.0232. The van der Waals surface area contributed by atoms with Crippen molar-refractivity contribution in [1.29, 1.82) is 0 Å². The molecule has 1 fully saturated rings. The van der Waals surface area contributed by atoms with Gasteiger partial charge in [0, 0.05) is 31.0 Å². The SMILES string of the molecule is CC1CCN(C(=O)c2ccc3nccnc3c2)CC1Cl. The Balaban J connectivity index is 1.85. The number of carbonyl (C=O) groups excluding carboxylic acids is 1. The fourth-order valence-corrected chi connectivity index (χ4v) is 2.78. The lowest BCUT2D eigenvalue weighted by Crippen LogP contribution is -2.43. The molecule has 0 radical (unpaired) electrons. The molecular formula is C15H16ClN3O. The summed E-state index contributed by atoms with van der Waals surface area (Å²) in [6, 6.07) is 5.44. The monoisotopic (exact) mass is 289 g/mol. The second-order valence-corrected chi connectivity index (χ2v) is 5.85. The second kappa shape index (κ2) is 5.37. The third kappa shape index (κ3) is 2.48. The number of nitrogens with zero attached hydrogens (tertiary/aromatic N) is 3. The second-order valence-electron chi connectivity index (χ2n) is 5.29. The number of hydrogen-bond acceptors (Lipinski definition) is 3. The van der Waals surface area contributed by atoms with Crippen molar-refractivity contribution >= 4 is 28.5 Å². The van der Waals surface area contributed by atoms with Crippen LogP contribution in [0.2, 0.25) is 0 Å². The van der Waals surface area contributed by atoms with Gasteiger partial charge in [-0.1, -0.05) is 6.92 Å². The number of benzene rings is 1. The maximum Gasteiger partial charge on any atom is 0.253 e. The molecule has 0 aliphatic carbocycles. The van der Waals surface area contributed by atoms with Crippen LogP contribution in [0.4, 0.5) is 0 Å². The van der Waals surface area contributed by atoms with E-state index < -0.39 is 0 Å². The molecule has 4 nitrogen and oxygen atoms in total. The van der Waals surface area contributed by atoms with Gasteiger partial charge >= 0.3 is 0 Å².